The molecule has 5 aromatic carbocycles. The Morgan fingerprint density at radius 3 is 2.23 bits per heavy atom. The zero-order chi connectivity index (χ0) is 46.5. The van der Waals surface area contributed by atoms with Gasteiger partial charge in [0.25, 0.3) is 17.4 Å². The summed E-state index contributed by atoms with van der Waals surface area (Å²) >= 11 is 0. The summed E-state index contributed by atoms with van der Waals surface area (Å²) in [6, 6.07) is 34.2. The normalized spacial score (nSPS) is 20.2. The van der Waals surface area contributed by atoms with Crippen LogP contribution in [0, 0.1) is 5.92 Å². The standard InChI is InChI=1S/C52H52N6O8/c1-31(2)27-44-49(62)57-43-22-14-10-17-35(43)38(29-40-45-53-39-20-12-9-18-36(39)47(60)56(45)42-21-13-11-19-37(42)46(59)54-40)52(57,64)58(44)48(61)41(55-50(63)66-51(3,4)5)28-32-23-25-34(26-24-32)65-30-33-15-7-6-8-16-33/h6-26,31,38,40-41,44,64H,27-30H2,1-5H3,(H,54,59)(H,55,63)/t38-,40?,41-,44?,52?/m0/s1. The van der Waals surface area contributed by atoms with Crippen molar-refractivity contribution in [2.24, 2.45) is 5.92 Å². The van der Waals surface area contributed by atoms with E-state index in [-0.39, 0.29) is 42.1 Å². The van der Waals surface area contributed by atoms with Gasteiger partial charge in [-0.25, -0.2) is 9.78 Å². The number of aromatic nitrogens is 2. The van der Waals surface area contributed by atoms with Gasteiger partial charge in [-0.2, -0.15) is 0 Å². The van der Waals surface area contributed by atoms with E-state index in [0.29, 0.717) is 45.8 Å². The number of carbonyl (C=O) groups is 4. The second-order valence-corrected chi connectivity index (χ2v) is 18.6. The van der Waals surface area contributed by atoms with Crippen LogP contribution < -0.4 is 25.8 Å². The van der Waals surface area contributed by atoms with Gasteiger partial charge in [-0.15, -0.1) is 0 Å². The van der Waals surface area contributed by atoms with E-state index in [1.54, 1.807) is 118 Å². The Kier molecular flexibility index (Phi) is 11.5. The summed E-state index contributed by atoms with van der Waals surface area (Å²) in [4.78, 5) is 80.4. The fourth-order valence-corrected chi connectivity index (χ4v) is 9.52. The Morgan fingerprint density at radius 2 is 1.50 bits per heavy atom. The van der Waals surface area contributed by atoms with Crippen LogP contribution >= 0.6 is 0 Å². The molecule has 4 amide bonds. The van der Waals surface area contributed by atoms with E-state index in [1.165, 1.54) is 14.4 Å². The Hall–Kier alpha value is -7.32. The number of hydrogen-bond donors (Lipinski definition) is 3. The molecule has 0 aliphatic carbocycles. The van der Waals surface area contributed by atoms with Crippen LogP contribution in [-0.2, 0) is 27.4 Å². The van der Waals surface area contributed by atoms with Crippen molar-refractivity contribution in [3.05, 3.63) is 166 Å². The number of benzene rings is 5. The molecule has 0 saturated carbocycles. The molecule has 0 bridgehead atoms. The average Bonchev–Trinajstić information content (AvgIpc) is 3.61. The molecule has 0 spiro atoms. The number of fused-ring (bicyclic) bond motifs is 7. The highest BCUT2D eigenvalue weighted by molar-refractivity contribution is 6.07. The van der Waals surface area contributed by atoms with Gasteiger partial charge in [0.1, 0.15) is 35.9 Å². The quantitative estimate of drug-likeness (QED) is 0.121. The second-order valence-electron chi connectivity index (χ2n) is 18.6. The lowest BCUT2D eigenvalue weighted by atomic mass is 9.87. The lowest BCUT2D eigenvalue weighted by Crippen LogP contribution is -2.63. The summed E-state index contributed by atoms with van der Waals surface area (Å²) in [6.07, 6.45) is -0.805. The van der Waals surface area contributed by atoms with E-state index in [2.05, 4.69) is 10.6 Å². The van der Waals surface area contributed by atoms with E-state index in [0.717, 1.165) is 5.56 Å². The molecule has 0 radical (unpaired) electrons. The number of ether oxygens (including phenoxy) is 2. The Morgan fingerprint density at radius 1 is 0.833 bits per heavy atom. The Bertz CT molecular complexity index is 2910. The number of hydrogen-bond acceptors (Lipinski definition) is 9. The van der Waals surface area contributed by atoms with Crippen molar-refractivity contribution in [1.82, 2.24) is 25.1 Å². The molecule has 1 aromatic heterocycles. The first kappa shape index (κ1) is 43.9. The van der Waals surface area contributed by atoms with Gasteiger partial charge in [0.05, 0.1) is 39.8 Å². The highest BCUT2D eigenvalue weighted by atomic mass is 16.6. The molecule has 1 saturated heterocycles. The van der Waals surface area contributed by atoms with E-state index in [4.69, 9.17) is 14.5 Å². The van der Waals surface area contributed by atoms with Gasteiger partial charge in [-0.1, -0.05) is 98.8 Å². The number of anilines is 1. The Balaban J connectivity index is 1.13. The van der Waals surface area contributed by atoms with Crippen LogP contribution in [0.25, 0.3) is 16.6 Å². The molecule has 3 aliphatic rings. The van der Waals surface area contributed by atoms with Crippen molar-refractivity contribution in [2.45, 2.75) is 96.0 Å². The van der Waals surface area contributed by atoms with Gasteiger partial charge >= 0.3 is 6.09 Å². The van der Waals surface area contributed by atoms with Crippen molar-refractivity contribution >= 4 is 40.4 Å². The van der Waals surface area contributed by atoms with Crippen LogP contribution in [-0.4, -0.2) is 66.9 Å². The van der Waals surface area contributed by atoms with Gasteiger partial charge < -0.3 is 25.2 Å². The molecular weight excluding hydrogens is 837 g/mol. The van der Waals surface area contributed by atoms with E-state index >= 15 is 4.79 Å². The highest BCUT2D eigenvalue weighted by Gasteiger charge is 2.67. The third-order valence-electron chi connectivity index (χ3n) is 12.3. The number of carbonyl (C=O) groups excluding carboxylic acids is 4. The van der Waals surface area contributed by atoms with Crippen LogP contribution in [0.15, 0.2) is 132 Å². The molecule has 9 rings (SSSR count). The maximum atomic E-state index is 15.7. The van der Waals surface area contributed by atoms with Crippen LogP contribution in [0.1, 0.15) is 92.3 Å². The highest BCUT2D eigenvalue weighted by Crippen LogP contribution is 2.56. The zero-order valence-corrected chi connectivity index (χ0v) is 37.4. The van der Waals surface area contributed by atoms with Gasteiger partial charge in [-0.3, -0.25) is 33.5 Å². The molecule has 14 nitrogen and oxygen atoms in total. The van der Waals surface area contributed by atoms with Crippen LogP contribution in [0.5, 0.6) is 5.75 Å². The number of aliphatic hydroxyl groups is 1. The fraction of sp³-hybridized carbons (Fsp3) is 0.308. The van der Waals surface area contributed by atoms with Crippen LogP contribution in [0.2, 0.25) is 0 Å². The second kappa shape index (κ2) is 17.2. The summed E-state index contributed by atoms with van der Waals surface area (Å²) in [5, 5.41) is 19.9. The third-order valence-corrected chi connectivity index (χ3v) is 12.3. The van der Waals surface area contributed by atoms with Gasteiger partial charge in [-0.05, 0) is 98.7 Å². The topological polar surface area (TPSA) is 172 Å². The minimum Gasteiger partial charge on any atom is -0.489 e. The number of nitrogens with one attached hydrogen (secondary N) is 2. The summed E-state index contributed by atoms with van der Waals surface area (Å²) in [5.41, 5.74) is 2.33. The number of rotatable bonds is 11. The monoisotopic (exact) mass is 888 g/mol. The van der Waals surface area contributed by atoms with Gasteiger partial charge in [0, 0.05) is 6.42 Å². The maximum absolute atomic E-state index is 15.7. The van der Waals surface area contributed by atoms with Crippen molar-refractivity contribution in [1.29, 1.82) is 0 Å². The summed E-state index contributed by atoms with van der Waals surface area (Å²) in [7, 11) is 0. The minimum absolute atomic E-state index is 0.0337. The lowest BCUT2D eigenvalue weighted by Gasteiger charge is -2.42. The summed E-state index contributed by atoms with van der Waals surface area (Å²) in [5.74, 6) is -4.39. The van der Waals surface area contributed by atoms with Crippen molar-refractivity contribution < 1.29 is 33.8 Å². The number of para-hydroxylation sites is 3. The van der Waals surface area contributed by atoms with E-state index < -0.39 is 59.3 Å². The van der Waals surface area contributed by atoms with Crippen LogP contribution in [0.3, 0.4) is 0 Å². The van der Waals surface area contributed by atoms with Crippen molar-refractivity contribution in [3.63, 3.8) is 0 Å². The largest absolute Gasteiger partial charge is 0.489 e. The van der Waals surface area contributed by atoms with E-state index in [1.807, 2.05) is 44.2 Å². The first-order valence-electron chi connectivity index (χ1n) is 22.3. The summed E-state index contributed by atoms with van der Waals surface area (Å²) in [6.45, 7) is 9.35. The average molecular weight is 889 g/mol. The van der Waals surface area contributed by atoms with Gasteiger partial charge in [0.2, 0.25) is 11.8 Å². The predicted octanol–water partition coefficient (Wildman–Crippen LogP) is 7.31. The molecule has 4 heterocycles. The molecule has 1 fully saturated rings. The maximum Gasteiger partial charge on any atom is 0.408 e. The first-order valence-corrected chi connectivity index (χ1v) is 22.3. The third kappa shape index (κ3) is 8.06. The molecule has 3 N–H and O–H groups in total. The lowest BCUT2D eigenvalue weighted by molar-refractivity contribution is -0.163. The number of alkyl carbamates (subject to hydrolysis) is 1. The molecule has 338 valence electrons. The molecule has 5 atom stereocenters. The SMILES string of the molecule is CC(C)CC1C(=O)N2c3ccccc3[C@H](CC3NC(=O)c4ccccc4-n4c3nc3ccccc3c4=O)C2(O)N1C(=O)[C@H](Cc1ccc(OCc2ccccc2)cc1)NC(=O)OC(C)(C)C. The van der Waals surface area contributed by atoms with Crippen LogP contribution in [0.4, 0.5) is 10.5 Å². The number of nitrogens with zero attached hydrogens (tertiary/aromatic N) is 4. The van der Waals surface area contributed by atoms with Gasteiger partial charge in [0.15, 0.2) is 0 Å². The minimum atomic E-state index is -2.35. The first-order chi connectivity index (χ1) is 31.6. The molecule has 66 heavy (non-hydrogen) atoms. The fourth-order valence-electron chi connectivity index (χ4n) is 9.52. The molecular formula is C52H52N6O8. The summed E-state index contributed by atoms with van der Waals surface area (Å²) < 4.78 is 13.1. The smallest absolute Gasteiger partial charge is 0.408 e. The molecule has 3 unspecified atom stereocenters. The van der Waals surface area contributed by atoms with E-state index in [9.17, 15) is 24.3 Å². The predicted molar refractivity (Wildman–Crippen MR) is 248 cm³/mol. The van der Waals surface area contributed by atoms with Crippen molar-refractivity contribution in [2.75, 3.05) is 4.90 Å². The molecule has 14 heteroatoms. The molecule has 3 aliphatic heterocycles. The van der Waals surface area contributed by atoms with Crippen molar-refractivity contribution in [3.8, 4) is 11.4 Å². The zero-order valence-electron chi connectivity index (χ0n) is 37.4. The number of amides is 4. The Labute approximate surface area is 382 Å². The molecule has 6 aromatic rings.